The van der Waals surface area contributed by atoms with Crippen molar-refractivity contribution in [1.82, 2.24) is 9.71 Å². The van der Waals surface area contributed by atoms with Crippen molar-refractivity contribution in [2.45, 2.75) is 36.9 Å². The molecule has 7 heteroatoms. The second-order valence-electron chi connectivity index (χ2n) is 4.71. The van der Waals surface area contributed by atoms with Crippen molar-refractivity contribution in [1.29, 1.82) is 0 Å². The number of aromatic nitrogens is 1. The van der Waals surface area contributed by atoms with Crippen molar-refractivity contribution in [2.24, 2.45) is 0 Å². The Kier molecular flexibility index (Phi) is 5.37. The van der Waals surface area contributed by atoms with Gasteiger partial charge in [-0.25, -0.2) is 18.1 Å². The molecule has 114 valence electrons. The lowest BCUT2D eigenvalue weighted by Crippen LogP contribution is -2.28. The van der Waals surface area contributed by atoms with Crippen LogP contribution in [0.5, 0.6) is 0 Å². The number of nitrogens with one attached hydrogen (secondary N) is 1. The fourth-order valence-corrected chi connectivity index (χ4v) is 5.12. The zero-order valence-corrected chi connectivity index (χ0v) is 14.2. The van der Waals surface area contributed by atoms with E-state index < -0.39 is 10.0 Å². The number of hydrogen-bond acceptors (Lipinski definition) is 4. The van der Waals surface area contributed by atoms with Gasteiger partial charge in [0, 0.05) is 6.04 Å². The Morgan fingerprint density at radius 2 is 2.00 bits per heavy atom. The molecule has 1 N–H and O–H groups in total. The Labute approximate surface area is 134 Å². The van der Waals surface area contributed by atoms with E-state index in [2.05, 4.69) is 9.71 Å². The van der Waals surface area contributed by atoms with Crippen LogP contribution < -0.4 is 4.72 Å². The Morgan fingerprint density at radius 1 is 1.33 bits per heavy atom. The molecule has 0 radical (unpaired) electrons. The van der Waals surface area contributed by atoms with Crippen molar-refractivity contribution in [2.75, 3.05) is 0 Å². The summed E-state index contributed by atoms with van der Waals surface area (Å²) in [7, 11) is -3.62. The Balaban J connectivity index is 2.30. The minimum atomic E-state index is -3.62. The molecule has 1 unspecified atom stereocenters. The number of halogens is 1. The molecular formula is C14H17ClN2O2S2. The quantitative estimate of drug-likeness (QED) is 0.863. The van der Waals surface area contributed by atoms with Gasteiger partial charge in [-0.15, -0.1) is 0 Å². The van der Waals surface area contributed by atoms with Gasteiger partial charge in [0.1, 0.15) is 0 Å². The van der Waals surface area contributed by atoms with Gasteiger partial charge in [0.2, 0.25) is 0 Å². The Hall–Kier alpha value is -0.950. The highest BCUT2D eigenvalue weighted by atomic mass is 35.5. The molecule has 4 nitrogen and oxygen atoms in total. The van der Waals surface area contributed by atoms with E-state index in [1.54, 1.807) is 6.92 Å². The van der Waals surface area contributed by atoms with Gasteiger partial charge in [0.15, 0.2) is 8.68 Å². The van der Waals surface area contributed by atoms with Gasteiger partial charge in [-0.05, 0) is 18.9 Å². The predicted molar refractivity (Wildman–Crippen MR) is 86.3 cm³/mol. The number of rotatable bonds is 6. The number of thiazole rings is 1. The highest BCUT2D eigenvalue weighted by Crippen LogP contribution is 2.29. The second kappa shape index (κ2) is 6.87. The summed E-state index contributed by atoms with van der Waals surface area (Å²) in [5.41, 5.74) is 1.39. The summed E-state index contributed by atoms with van der Waals surface area (Å²) < 4.78 is 28.2. The molecule has 1 atom stereocenters. The lowest BCUT2D eigenvalue weighted by molar-refractivity contribution is 0.537. The average Bonchev–Trinajstić information content (AvgIpc) is 2.79. The maximum Gasteiger partial charge on any atom is 0.252 e. The monoisotopic (exact) mass is 344 g/mol. The van der Waals surface area contributed by atoms with E-state index in [0.717, 1.165) is 29.7 Å². The van der Waals surface area contributed by atoms with Crippen molar-refractivity contribution >= 4 is 33.0 Å². The molecule has 0 fully saturated rings. The van der Waals surface area contributed by atoms with Crippen LogP contribution in [0.25, 0.3) is 0 Å². The highest BCUT2D eigenvalue weighted by molar-refractivity contribution is 7.91. The maximum atomic E-state index is 12.5. The molecule has 1 heterocycles. The molecular weight excluding hydrogens is 328 g/mol. The van der Waals surface area contributed by atoms with Gasteiger partial charge in [0.05, 0.1) is 5.69 Å². The van der Waals surface area contributed by atoms with E-state index in [-0.39, 0.29) is 14.7 Å². The molecule has 2 aromatic rings. The molecule has 0 bridgehead atoms. The first kappa shape index (κ1) is 16.4. The molecule has 0 aliphatic heterocycles. The predicted octanol–water partition coefficient (Wildman–Crippen LogP) is 3.92. The fourth-order valence-electron chi connectivity index (χ4n) is 2.11. The Bertz CT molecular complexity index is 699. The summed E-state index contributed by atoms with van der Waals surface area (Å²) >= 11 is 6.78. The van der Waals surface area contributed by atoms with Gasteiger partial charge in [-0.3, -0.25) is 0 Å². The van der Waals surface area contributed by atoms with E-state index in [1.165, 1.54) is 0 Å². The topological polar surface area (TPSA) is 59.1 Å². The van der Waals surface area contributed by atoms with E-state index in [9.17, 15) is 8.42 Å². The summed E-state index contributed by atoms with van der Waals surface area (Å²) in [6, 6.07) is 9.32. The third-order valence-corrected chi connectivity index (χ3v) is 6.39. The zero-order valence-electron chi connectivity index (χ0n) is 11.8. The molecule has 0 saturated heterocycles. The zero-order chi connectivity index (χ0) is 15.5. The van der Waals surface area contributed by atoms with Crippen LogP contribution in [-0.4, -0.2) is 13.4 Å². The highest BCUT2D eigenvalue weighted by Gasteiger charge is 2.25. The number of nitrogens with zero attached hydrogens (tertiary/aromatic N) is 1. The van der Waals surface area contributed by atoms with Crippen molar-refractivity contribution in [3.63, 3.8) is 0 Å². The van der Waals surface area contributed by atoms with Crippen LogP contribution in [0.15, 0.2) is 34.5 Å². The number of hydrogen-bond donors (Lipinski definition) is 1. The van der Waals surface area contributed by atoms with Gasteiger partial charge < -0.3 is 0 Å². The minimum absolute atomic E-state index is 0.185. The minimum Gasteiger partial charge on any atom is -0.229 e. The van der Waals surface area contributed by atoms with E-state index in [1.807, 2.05) is 37.3 Å². The fraction of sp³-hybridized carbons (Fsp3) is 0.357. The SMILES string of the molecule is CCCC(NS(=O)(=O)c1sc(Cl)nc1C)c1ccccc1. The molecule has 1 aromatic carbocycles. The molecule has 0 amide bonds. The van der Waals surface area contributed by atoms with Gasteiger partial charge >= 0.3 is 0 Å². The van der Waals surface area contributed by atoms with Crippen LogP contribution in [0.2, 0.25) is 4.47 Å². The van der Waals surface area contributed by atoms with Gasteiger partial charge in [-0.2, -0.15) is 0 Å². The van der Waals surface area contributed by atoms with Gasteiger partial charge in [-0.1, -0.05) is 66.6 Å². The first-order valence-electron chi connectivity index (χ1n) is 6.64. The molecule has 0 aliphatic rings. The average molecular weight is 345 g/mol. The van der Waals surface area contributed by atoms with E-state index >= 15 is 0 Å². The lowest BCUT2D eigenvalue weighted by atomic mass is 10.0. The van der Waals surface area contributed by atoms with Crippen LogP contribution in [0.1, 0.15) is 37.1 Å². The summed E-state index contributed by atoms with van der Waals surface area (Å²) in [5, 5.41) is 0. The molecule has 2 rings (SSSR count). The second-order valence-corrected chi connectivity index (χ2v) is 8.20. The lowest BCUT2D eigenvalue weighted by Gasteiger charge is -2.18. The first-order valence-corrected chi connectivity index (χ1v) is 9.32. The summed E-state index contributed by atoms with van der Waals surface area (Å²) in [4.78, 5) is 3.97. The number of benzene rings is 1. The summed E-state index contributed by atoms with van der Waals surface area (Å²) in [6.45, 7) is 3.67. The smallest absolute Gasteiger partial charge is 0.229 e. The normalized spacial score (nSPS) is 13.3. The molecule has 1 aromatic heterocycles. The summed E-state index contributed by atoms with van der Waals surface area (Å²) in [5.74, 6) is 0. The molecule has 0 aliphatic carbocycles. The van der Waals surface area contributed by atoms with E-state index in [0.29, 0.717) is 5.69 Å². The third kappa shape index (κ3) is 4.03. The van der Waals surface area contributed by atoms with Crippen LogP contribution in [0.4, 0.5) is 0 Å². The van der Waals surface area contributed by atoms with Crippen molar-refractivity contribution in [3.05, 3.63) is 46.1 Å². The number of aryl methyl sites for hydroxylation is 1. The molecule has 21 heavy (non-hydrogen) atoms. The van der Waals surface area contributed by atoms with Crippen LogP contribution >= 0.6 is 22.9 Å². The first-order chi connectivity index (χ1) is 9.94. The number of sulfonamides is 1. The van der Waals surface area contributed by atoms with E-state index in [4.69, 9.17) is 11.6 Å². The largest absolute Gasteiger partial charge is 0.252 e. The van der Waals surface area contributed by atoms with Crippen LogP contribution in [0, 0.1) is 6.92 Å². The molecule has 0 saturated carbocycles. The van der Waals surface area contributed by atoms with Crippen LogP contribution in [-0.2, 0) is 10.0 Å². The summed E-state index contributed by atoms with van der Waals surface area (Å²) in [6.07, 6.45) is 1.61. The Morgan fingerprint density at radius 3 is 2.52 bits per heavy atom. The third-order valence-electron chi connectivity index (χ3n) is 3.05. The standard InChI is InChI=1S/C14H17ClN2O2S2/c1-3-7-12(11-8-5-4-6-9-11)17-21(18,19)13-10(2)16-14(15)20-13/h4-6,8-9,12,17H,3,7H2,1-2H3. The van der Waals surface area contributed by atoms with Crippen molar-refractivity contribution < 1.29 is 8.42 Å². The van der Waals surface area contributed by atoms with Gasteiger partial charge in [0.25, 0.3) is 10.0 Å². The maximum absolute atomic E-state index is 12.5. The molecule has 0 spiro atoms. The van der Waals surface area contributed by atoms with Crippen molar-refractivity contribution in [3.8, 4) is 0 Å². The van der Waals surface area contributed by atoms with Crippen LogP contribution in [0.3, 0.4) is 0 Å².